The number of unbranched alkanes of at least 4 members (excludes halogenated alkanes) is 55. The first-order valence-electron chi connectivity index (χ1n) is 39.9. The monoisotopic (exact) mass is 1310 g/mol. The standard InChI is InChI=1S/C78H151NO13/c1-3-5-7-9-11-13-15-17-19-21-23-25-27-28-29-30-31-32-33-34-35-36-37-38-39-40-42-44-46-48-50-52-54-56-58-60-62-70(83)79-66(65-89-77-75(88)73(86)76(69(64-81)91-77)92-78-74(87)72(85)71(84)68(63-80)90-78)67(82)61-59-57-55-53-51-49-47-45-43-41-26-24-22-20-18-16-14-12-10-8-6-4-2/h59,61,66-69,71-78,80-82,84-88H,3-58,60,62-65H2,1-2H3,(H,79,83)/b61-59+. The number of aliphatic hydroxyl groups excluding tert-OH is 8. The van der Waals surface area contributed by atoms with Gasteiger partial charge in [-0.1, -0.05) is 373 Å². The van der Waals surface area contributed by atoms with Crippen molar-refractivity contribution < 1.29 is 64.6 Å². The molecule has 0 aromatic rings. The lowest BCUT2D eigenvalue weighted by Gasteiger charge is -2.46. The third-order valence-electron chi connectivity index (χ3n) is 20.0. The second kappa shape index (κ2) is 63.2. The Morgan fingerprint density at radius 3 is 1.00 bits per heavy atom. The summed E-state index contributed by atoms with van der Waals surface area (Å²) in [6, 6.07) is -0.912. The lowest BCUT2D eigenvalue weighted by atomic mass is 9.97. The zero-order valence-electron chi connectivity index (χ0n) is 59.8. The Morgan fingerprint density at radius 2 is 0.674 bits per heavy atom. The highest BCUT2D eigenvalue weighted by Gasteiger charge is 2.51. The summed E-state index contributed by atoms with van der Waals surface area (Å²) in [5, 5.41) is 87.6. The van der Waals surface area contributed by atoms with Gasteiger partial charge in [-0.25, -0.2) is 0 Å². The molecule has 14 nitrogen and oxygen atoms in total. The predicted molar refractivity (Wildman–Crippen MR) is 379 cm³/mol. The summed E-state index contributed by atoms with van der Waals surface area (Å²) in [6.45, 7) is 2.87. The minimum Gasteiger partial charge on any atom is -0.394 e. The van der Waals surface area contributed by atoms with Crippen molar-refractivity contribution in [3.8, 4) is 0 Å². The van der Waals surface area contributed by atoms with Crippen molar-refractivity contribution in [1.29, 1.82) is 0 Å². The topological polar surface area (TPSA) is 228 Å². The van der Waals surface area contributed by atoms with E-state index in [-0.39, 0.29) is 18.9 Å². The average Bonchev–Trinajstić information content (AvgIpc) is 0.866. The summed E-state index contributed by atoms with van der Waals surface area (Å²) in [5.74, 6) is -0.229. The van der Waals surface area contributed by atoms with Crippen LogP contribution in [-0.2, 0) is 23.7 Å². The molecule has 0 saturated carbocycles. The Kier molecular flexibility index (Phi) is 59.6. The van der Waals surface area contributed by atoms with Crippen LogP contribution in [0.15, 0.2) is 12.2 Å². The summed E-state index contributed by atoms with van der Waals surface area (Å²) in [6.07, 6.45) is 63.0. The summed E-state index contributed by atoms with van der Waals surface area (Å²) in [5.41, 5.74) is 0. The average molecular weight is 1310 g/mol. The fraction of sp³-hybridized carbons (Fsp3) is 0.962. The maximum absolute atomic E-state index is 13.4. The van der Waals surface area contributed by atoms with E-state index in [0.29, 0.717) is 0 Å². The van der Waals surface area contributed by atoms with Gasteiger partial charge in [0, 0.05) is 6.42 Å². The van der Waals surface area contributed by atoms with Gasteiger partial charge in [0.15, 0.2) is 12.6 Å². The number of hydrogen-bond acceptors (Lipinski definition) is 13. The van der Waals surface area contributed by atoms with E-state index in [1.54, 1.807) is 6.08 Å². The number of amides is 1. The zero-order chi connectivity index (χ0) is 66.6. The minimum atomic E-state index is -1.79. The highest BCUT2D eigenvalue weighted by molar-refractivity contribution is 5.76. The van der Waals surface area contributed by atoms with Crippen LogP contribution in [-0.4, -0.2) is 140 Å². The molecule has 1 amide bonds. The van der Waals surface area contributed by atoms with E-state index in [1.807, 2.05) is 6.08 Å². The van der Waals surface area contributed by atoms with E-state index >= 15 is 0 Å². The van der Waals surface area contributed by atoms with Gasteiger partial charge in [0.2, 0.25) is 5.91 Å². The van der Waals surface area contributed by atoms with Crippen LogP contribution < -0.4 is 5.32 Å². The van der Waals surface area contributed by atoms with E-state index in [0.717, 1.165) is 44.9 Å². The maximum Gasteiger partial charge on any atom is 0.220 e. The number of ether oxygens (including phenoxy) is 4. The SMILES string of the molecule is CCCCCCCCCCCCCCCCCCCCCC/C=C/C(O)C(COC1OC(CO)C(OC2OC(CO)C(O)C(O)C2O)C(O)C1O)NC(=O)CCCCCCCCCCCCCCCCCCCCCCCCCCCCCCCCCCCCCC. The summed E-state index contributed by atoms with van der Waals surface area (Å²) in [7, 11) is 0. The zero-order valence-corrected chi connectivity index (χ0v) is 59.8. The number of aliphatic hydroxyl groups is 8. The fourth-order valence-corrected chi connectivity index (χ4v) is 13.7. The predicted octanol–water partition coefficient (Wildman–Crippen LogP) is 17.7. The number of carbonyl (C=O) groups excluding carboxylic acids is 1. The van der Waals surface area contributed by atoms with E-state index in [1.165, 1.54) is 321 Å². The van der Waals surface area contributed by atoms with E-state index in [9.17, 15) is 45.6 Å². The van der Waals surface area contributed by atoms with Crippen molar-refractivity contribution in [1.82, 2.24) is 5.32 Å². The maximum atomic E-state index is 13.4. The first kappa shape index (κ1) is 86.8. The normalized spacial score (nSPS) is 22.6. The van der Waals surface area contributed by atoms with Crippen LogP contribution in [0.4, 0.5) is 0 Å². The van der Waals surface area contributed by atoms with Gasteiger partial charge in [-0.05, 0) is 19.3 Å². The molecular formula is C78H151NO13. The quantitative estimate of drug-likeness (QED) is 0.0204. The smallest absolute Gasteiger partial charge is 0.220 e. The third kappa shape index (κ3) is 46.1. The molecule has 0 radical (unpaired) electrons. The molecule has 2 heterocycles. The number of hydrogen-bond donors (Lipinski definition) is 9. The molecule has 12 atom stereocenters. The van der Waals surface area contributed by atoms with Crippen LogP contribution >= 0.6 is 0 Å². The first-order valence-corrected chi connectivity index (χ1v) is 39.9. The molecule has 9 N–H and O–H groups in total. The molecule has 2 aliphatic heterocycles. The van der Waals surface area contributed by atoms with Gasteiger partial charge in [-0.3, -0.25) is 4.79 Å². The number of carbonyl (C=O) groups is 1. The van der Waals surface area contributed by atoms with Gasteiger partial charge in [0.1, 0.15) is 48.8 Å². The number of nitrogens with one attached hydrogen (secondary N) is 1. The summed E-state index contributed by atoms with van der Waals surface area (Å²) >= 11 is 0. The van der Waals surface area contributed by atoms with Crippen LogP contribution in [0.25, 0.3) is 0 Å². The summed E-state index contributed by atoms with van der Waals surface area (Å²) in [4.78, 5) is 13.4. The van der Waals surface area contributed by atoms with Crippen LogP contribution in [0.5, 0.6) is 0 Å². The van der Waals surface area contributed by atoms with Crippen molar-refractivity contribution in [3.05, 3.63) is 12.2 Å². The molecule has 14 heteroatoms. The molecule has 546 valence electrons. The molecular weight excluding hydrogens is 1160 g/mol. The van der Waals surface area contributed by atoms with Crippen molar-refractivity contribution in [3.63, 3.8) is 0 Å². The van der Waals surface area contributed by atoms with Crippen molar-refractivity contribution >= 4 is 5.91 Å². The van der Waals surface area contributed by atoms with Gasteiger partial charge in [-0.15, -0.1) is 0 Å². The largest absolute Gasteiger partial charge is 0.394 e. The van der Waals surface area contributed by atoms with Crippen molar-refractivity contribution in [2.45, 2.75) is 460 Å². The molecule has 2 aliphatic rings. The van der Waals surface area contributed by atoms with Crippen LogP contribution in [0.1, 0.15) is 386 Å². The van der Waals surface area contributed by atoms with Crippen LogP contribution in [0.2, 0.25) is 0 Å². The highest BCUT2D eigenvalue weighted by atomic mass is 16.7. The number of allylic oxidation sites excluding steroid dienone is 1. The Morgan fingerprint density at radius 1 is 0.380 bits per heavy atom. The molecule has 2 rings (SSSR count). The molecule has 0 aromatic heterocycles. The van der Waals surface area contributed by atoms with E-state index in [2.05, 4.69) is 19.2 Å². The van der Waals surface area contributed by atoms with Gasteiger partial charge in [0.25, 0.3) is 0 Å². The molecule has 12 unspecified atom stereocenters. The Labute approximate surface area is 565 Å². The van der Waals surface area contributed by atoms with E-state index < -0.39 is 86.8 Å². The first-order chi connectivity index (χ1) is 45.1. The van der Waals surface area contributed by atoms with Crippen LogP contribution in [0, 0.1) is 0 Å². The molecule has 0 aliphatic carbocycles. The lowest BCUT2D eigenvalue weighted by Crippen LogP contribution is -2.65. The Bertz CT molecular complexity index is 1590. The van der Waals surface area contributed by atoms with Gasteiger partial charge < -0.3 is 65.1 Å². The third-order valence-corrected chi connectivity index (χ3v) is 20.0. The lowest BCUT2D eigenvalue weighted by molar-refractivity contribution is -0.359. The minimum absolute atomic E-state index is 0.229. The second-order valence-electron chi connectivity index (χ2n) is 28.6. The highest BCUT2D eigenvalue weighted by Crippen LogP contribution is 2.30. The van der Waals surface area contributed by atoms with Gasteiger partial charge in [0.05, 0.1) is 32.0 Å². The summed E-state index contributed by atoms with van der Waals surface area (Å²) < 4.78 is 22.9. The fourth-order valence-electron chi connectivity index (χ4n) is 13.7. The van der Waals surface area contributed by atoms with Crippen molar-refractivity contribution in [2.24, 2.45) is 0 Å². The molecule has 0 bridgehead atoms. The van der Waals surface area contributed by atoms with Crippen LogP contribution in [0.3, 0.4) is 0 Å². The Hall–Kier alpha value is -1.27. The van der Waals surface area contributed by atoms with Crippen molar-refractivity contribution in [2.75, 3.05) is 19.8 Å². The second-order valence-corrected chi connectivity index (χ2v) is 28.6. The number of rotatable bonds is 68. The molecule has 0 aromatic carbocycles. The Balaban J connectivity index is 1.58. The molecule has 2 saturated heterocycles. The van der Waals surface area contributed by atoms with Gasteiger partial charge in [-0.2, -0.15) is 0 Å². The molecule has 0 spiro atoms. The molecule has 2 fully saturated rings. The van der Waals surface area contributed by atoms with E-state index in [4.69, 9.17) is 18.9 Å². The van der Waals surface area contributed by atoms with Gasteiger partial charge >= 0.3 is 0 Å². The molecule has 92 heavy (non-hydrogen) atoms.